The molecule has 0 amide bonds. The van der Waals surface area contributed by atoms with E-state index in [9.17, 15) is 0 Å². The molecule has 1 fully saturated rings. The zero-order valence-corrected chi connectivity index (χ0v) is 12.5. The molecule has 1 saturated heterocycles. The van der Waals surface area contributed by atoms with Crippen molar-refractivity contribution >= 4 is 0 Å². The third-order valence-electron chi connectivity index (χ3n) is 3.51. The van der Waals surface area contributed by atoms with Crippen LogP contribution in [-0.4, -0.2) is 55.6 Å². The Morgan fingerprint density at radius 2 is 2.05 bits per heavy atom. The van der Waals surface area contributed by atoms with Crippen molar-refractivity contribution in [3.05, 3.63) is 29.3 Å². The highest BCUT2D eigenvalue weighted by atomic mass is 16.5. The molecule has 1 N–H and O–H groups in total. The zero-order valence-electron chi connectivity index (χ0n) is 12.5. The SMILES string of the molecule is Cc1cc(C)cc(OCCCN2CCOC(CO)C2)c1. The second-order valence-electron chi connectivity index (χ2n) is 5.50. The molecule has 0 aromatic heterocycles. The van der Waals surface area contributed by atoms with Gasteiger partial charge in [0.1, 0.15) is 5.75 Å². The second kappa shape index (κ2) is 7.62. The highest BCUT2D eigenvalue weighted by Crippen LogP contribution is 2.16. The normalized spacial score (nSPS) is 20.1. The van der Waals surface area contributed by atoms with Gasteiger partial charge in [-0.15, -0.1) is 0 Å². The summed E-state index contributed by atoms with van der Waals surface area (Å²) < 4.78 is 11.2. The molecule has 1 aromatic carbocycles. The summed E-state index contributed by atoms with van der Waals surface area (Å²) in [5, 5.41) is 9.10. The molecule has 0 radical (unpaired) electrons. The molecule has 20 heavy (non-hydrogen) atoms. The Morgan fingerprint density at radius 3 is 2.75 bits per heavy atom. The summed E-state index contributed by atoms with van der Waals surface area (Å²) in [5.74, 6) is 0.956. The average Bonchev–Trinajstić information content (AvgIpc) is 2.43. The molecule has 1 heterocycles. The van der Waals surface area contributed by atoms with Crippen molar-refractivity contribution in [3.8, 4) is 5.75 Å². The summed E-state index contributed by atoms with van der Waals surface area (Å²) >= 11 is 0. The van der Waals surface area contributed by atoms with E-state index in [1.165, 1.54) is 11.1 Å². The lowest BCUT2D eigenvalue weighted by molar-refractivity contribution is -0.0533. The Morgan fingerprint density at radius 1 is 1.30 bits per heavy atom. The maximum atomic E-state index is 9.10. The minimum Gasteiger partial charge on any atom is -0.494 e. The third-order valence-corrected chi connectivity index (χ3v) is 3.51. The van der Waals surface area contributed by atoms with E-state index in [1.54, 1.807) is 0 Å². The Bertz CT molecular complexity index is 402. The molecular weight excluding hydrogens is 254 g/mol. The monoisotopic (exact) mass is 279 g/mol. The lowest BCUT2D eigenvalue weighted by Gasteiger charge is -2.31. The summed E-state index contributed by atoms with van der Waals surface area (Å²) in [6.45, 7) is 8.47. The maximum absolute atomic E-state index is 9.10. The van der Waals surface area contributed by atoms with Crippen LogP contribution in [0.25, 0.3) is 0 Å². The Labute approximate surface area is 121 Å². The molecule has 0 bridgehead atoms. The lowest BCUT2D eigenvalue weighted by Crippen LogP contribution is -2.44. The predicted molar refractivity (Wildman–Crippen MR) is 79.3 cm³/mol. The minimum absolute atomic E-state index is 0.0240. The van der Waals surface area contributed by atoms with Gasteiger partial charge in [0.15, 0.2) is 0 Å². The van der Waals surface area contributed by atoms with Gasteiger partial charge in [0.25, 0.3) is 0 Å². The van der Waals surface area contributed by atoms with Gasteiger partial charge in [0.05, 0.1) is 25.9 Å². The minimum atomic E-state index is -0.0240. The summed E-state index contributed by atoms with van der Waals surface area (Å²) in [6, 6.07) is 6.29. The van der Waals surface area contributed by atoms with Crippen molar-refractivity contribution in [1.82, 2.24) is 4.90 Å². The molecule has 2 rings (SSSR count). The van der Waals surface area contributed by atoms with Crippen molar-refractivity contribution in [3.63, 3.8) is 0 Å². The van der Waals surface area contributed by atoms with Crippen molar-refractivity contribution in [2.75, 3.05) is 39.5 Å². The first-order valence-electron chi connectivity index (χ1n) is 7.33. The van der Waals surface area contributed by atoms with Gasteiger partial charge in [0.2, 0.25) is 0 Å². The molecule has 1 aromatic rings. The van der Waals surface area contributed by atoms with Crippen molar-refractivity contribution in [1.29, 1.82) is 0 Å². The van der Waals surface area contributed by atoms with Crippen LogP contribution in [0.5, 0.6) is 5.75 Å². The van der Waals surface area contributed by atoms with E-state index < -0.39 is 0 Å². The second-order valence-corrected chi connectivity index (χ2v) is 5.50. The van der Waals surface area contributed by atoms with Crippen LogP contribution in [0.1, 0.15) is 17.5 Å². The van der Waals surface area contributed by atoms with Gasteiger partial charge in [-0.1, -0.05) is 6.07 Å². The fourth-order valence-electron chi connectivity index (χ4n) is 2.59. The van der Waals surface area contributed by atoms with Crippen LogP contribution >= 0.6 is 0 Å². The highest BCUT2D eigenvalue weighted by molar-refractivity contribution is 5.32. The van der Waals surface area contributed by atoms with Crippen LogP contribution in [0.15, 0.2) is 18.2 Å². The van der Waals surface area contributed by atoms with Gasteiger partial charge in [-0.25, -0.2) is 0 Å². The van der Waals surface area contributed by atoms with E-state index in [2.05, 4.69) is 36.9 Å². The third kappa shape index (κ3) is 4.78. The molecule has 1 unspecified atom stereocenters. The highest BCUT2D eigenvalue weighted by Gasteiger charge is 2.18. The number of rotatable bonds is 6. The summed E-state index contributed by atoms with van der Waals surface area (Å²) in [4.78, 5) is 2.33. The zero-order chi connectivity index (χ0) is 14.4. The molecule has 1 aliphatic rings. The van der Waals surface area contributed by atoms with Gasteiger partial charge in [-0.2, -0.15) is 0 Å². The molecule has 112 valence electrons. The van der Waals surface area contributed by atoms with E-state index in [0.717, 1.165) is 38.4 Å². The quantitative estimate of drug-likeness (QED) is 0.806. The van der Waals surface area contributed by atoms with E-state index in [4.69, 9.17) is 14.6 Å². The summed E-state index contributed by atoms with van der Waals surface area (Å²) in [6.07, 6.45) is 0.967. The Hall–Kier alpha value is -1.10. The van der Waals surface area contributed by atoms with Gasteiger partial charge >= 0.3 is 0 Å². The van der Waals surface area contributed by atoms with Gasteiger partial charge < -0.3 is 14.6 Å². The van der Waals surface area contributed by atoms with Crippen LogP contribution in [-0.2, 0) is 4.74 Å². The summed E-state index contributed by atoms with van der Waals surface area (Å²) in [5.41, 5.74) is 2.47. The first kappa shape index (κ1) is 15.3. The van der Waals surface area contributed by atoms with Gasteiger partial charge in [0, 0.05) is 19.6 Å². The largest absolute Gasteiger partial charge is 0.494 e. The van der Waals surface area contributed by atoms with Crippen LogP contribution in [0.2, 0.25) is 0 Å². The van der Waals surface area contributed by atoms with Crippen molar-refractivity contribution in [2.24, 2.45) is 0 Å². The Balaban J connectivity index is 1.68. The molecule has 0 spiro atoms. The number of ether oxygens (including phenoxy) is 2. The smallest absolute Gasteiger partial charge is 0.119 e. The van der Waals surface area contributed by atoms with Gasteiger partial charge in [-0.3, -0.25) is 4.90 Å². The predicted octanol–water partition coefficient (Wildman–Crippen LogP) is 1.77. The molecule has 0 aliphatic carbocycles. The number of aryl methyl sites for hydroxylation is 2. The van der Waals surface area contributed by atoms with E-state index in [0.29, 0.717) is 6.61 Å². The molecule has 1 aliphatic heterocycles. The van der Waals surface area contributed by atoms with E-state index in [-0.39, 0.29) is 12.7 Å². The molecule has 4 nitrogen and oxygen atoms in total. The van der Waals surface area contributed by atoms with Crippen LogP contribution < -0.4 is 4.74 Å². The Kier molecular flexibility index (Phi) is 5.83. The molecule has 1 atom stereocenters. The standard InChI is InChI=1S/C16H25NO3/c1-13-8-14(2)10-15(9-13)19-6-3-4-17-5-7-20-16(11-17)12-18/h8-10,16,18H,3-7,11-12H2,1-2H3. The average molecular weight is 279 g/mol. The van der Waals surface area contributed by atoms with Gasteiger partial charge in [-0.05, 0) is 43.5 Å². The number of hydrogen-bond acceptors (Lipinski definition) is 4. The fraction of sp³-hybridized carbons (Fsp3) is 0.625. The maximum Gasteiger partial charge on any atom is 0.119 e. The summed E-state index contributed by atoms with van der Waals surface area (Å²) in [7, 11) is 0. The van der Waals surface area contributed by atoms with Crippen LogP contribution in [0.4, 0.5) is 0 Å². The number of aliphatic hydroxyl groups is 1. The topological polar surface area (TPSA) is 41.9 Å². The number of aliphatic hydroxyl groups excluding tert-OH is 1. The fourth-order valence-corrected chi connectivity index (χ4v) is 2.59. The molecule has 4 heteroatoms. The first-order chi connectivity index (χ1) is 9.67. The number of nitrogens with zero attached hydrogens (tertiary/aromatic N) is 1. The van der Waals surface area contributed by atoms with E-state index >= 15 is 0 Å². The van der Waals surface area contributed by atoms with E-state index in [1.807, 2.05) is 0 Å². The number of benzene rings is 1. The van der Waals surface area contributed by atoms with Crippen molar-refractivity contribution < 1.29 is 14.6 Å². The molecule has 0 saturated carbocycles. The number of morpholine rings is 1. The van der Waals surface area contributed by atoms with Crippen molar-refractivity contribution in [2.45, 2.75) is 26.4 Å². The lowest BCUT2D eigenvalue weighted by atomic mass is 10.1. The van der Waals surface area contributed by atoms with Crippen LogP contribution in [0, 0.1) is 13.8 Å². The molecular formula is C16H25NO3. The first-order valence-corrected chi connectivity index (χ1v) is 7.33. The van der Waals surface area contributed by atoms with Crippen LogP contribution in [0.3, 0.4) is 0 Å². The number of hydrogen-bond donors (Lipinski definition) is 1.